The molecule has 0 radical (unpaired) electrons. The third kappa shape index (κ3) is 3.97. The molecule has 4 nitrogen and oxygen atoms in total. The maximum Gasteiger partial charge on any atom is 0.101 e. The summed E-state index contributed by atoms with van der Waals surface area (Å²) in [5, 5.41) is 21.6. The van der Waals surface area contributed by atoms with Gasteiger partial charge in [-0.3, -0.25) is 0 Å². The van der Waals surface area contributed by atoms with Crippen LogP contribution in [0.3, 0.4) is 0 Å². The van der Waals surface area contributed by atoms with E-state index < -0.39 is 0 Å². The van der Waals surface area contributed by atoms with Crippen LogP contribution in [0.5, 0.6) is 0 Å². The van der Waals surface area contributed by atoms with Crippen molar-refractivity contribution in [2.75, 3.05) is 0 Å². The number of rotatable bonds is 1. The molecule has 5 heteroatoms. The Labute approximate surface area is 63.2 Å². The fraction of sp³-hybridized carbons (Fsp3) is 0.500. The predicted octanol–water partition coefficient (Wildman–Crippen LogP) is 0.684. The Balaban J connectivity index is 0. The Morgan fingerprint density at radius 2 is 1.22 bits per heavy atom. The summed E-state index contributed by atoms with van der Waals surface area (Å²) in [7, 11) is 0. The first-order valence-electron chi connectivity index (χ1n) is 2.10. The molecule has 0 rings (SSSR count). The van der Waals surface area contributed by atoms with Crippen LogP contribution in [0.25, 0.3) is 0 Å². The zero-order valence-corrected chi connectivity index (χ0v) is 6.09. The molecule has 56 valence electrons. The molecule has 0 heterocycles. The summed E-state index contributed by atoms with van der Waals surface area (Å²) in [6.45, 7) is 3.07. The van der Waals surface area contributed by atoms with E-state index in [4.69, 9.17) is 10.4 Å². The number of nitrogens with zero attached hydrogens (tertiary/aromatic N) is 2. The van der Waals surface area contributed by atoms with E-state index in [0.29, 0.717) is 11.4 Å². The van der Waals surface area contributed by atoms with E-state index in [1.807, 2.05) is 0 Å². The largest absolute Gasteiger partial charge is 0.411 e. The van der Waals surface area contributed by atoms with Crippen molar-refractivity contribution < 1.29 is 26.9 Å². The summed E-state index contributed by atoms with van der Waals surface area (Å²) in [4.78, 5) is 0. The molecule has 0 aromatic heterocycles. The van der Waals surface area contributed by atoms with Crippen LogP contribution in [0.2, 0.25) is 0 Å². The van der Waals surface area contributed by atoms with Crippen molar-refractivity contribution in [3.05, 3.63) is 0 Å². The zero-order valence-electron chi connectivity index (χ0n) is 5.11. The van der Waals surface area contributed by atoms with Crippen LogP contribution in [-0.4, -0.2) is 21.8 Å². The van der Waals surface area contributed by atoms with E-state index in [2.05, 4.69) is 10.3 Å². The van der Waals surface area contributed by atoms with Crippen molar-refractivity contribution in [1.82, 2.24) is 0 Å². The van der Waals surface area contributed by atoms with Crippen LogP contribution in [-0.2, 0) is 16.5 Å². The van der Waals surface area contributed by atoms with Gasteiger partial charge in [-0.1, -0.05) is 10.3 Å². The maximum absolute atomic E-state index is 8.03. The SMILES string of the molecule is CC(=N/O)/C(C)=N\O.[Ni]. The molecule has 0 saturated carbocycles. The van der Waals surface area contributed by atoms with Gasteiger partial charge in [0, 0.05) is 16.5 Å². The normalized spacial score (nSPS) is 12.7. The standard InChI is InChI=1S/C4H8N2O2.Ni/c1-3(5-7)4(2)6-8;/h7-8H,1-2H3;/b5-3-,6-4-;. The molecule has 0 atom stereocenters. The predicted molar refractivity (Wildman–Crippen MR) is 29.8 cm³/mol. The van der Waals surface area contributed by atoms with Crippen LogP contribution in [0.15, 0.2) is 10.3 Å². The molecule has 0 spiro atoms. The van der Waals surface area contributed by atoms with Crippen molar-refractivity contribution >= 4 is 11.4 Å². The first kappa shape index (κ1) is 11.3. The minimum absolute atomic E-state index is 0. The Kier molecular flexibility index (Phi) is 6.97. The van der Waals surface area contributed by atoms with Crippen LogP contribution in [0.4, 0.5) is 0 Å². The van der Waals surface area contributed by atoms with E-state index in [-0.39, 0.29) is 16.5 Å². The molecule has 0 saturated heterocycles. The quantitative estimate of drug-likeness (QED) is 0.266. The molecular weight excluding hydrogens is 167 g/mol. The smallest absolute Gasteiger partial charge is 0.101 e. The van der Waals surface area contributed by atoms with Gasteiger partial charge in [0.25, 0.3) is 0 Å². The van der Waals surface area contributed by atoms with Gasteiger partial charge in [-0.15, -0.1) is 0 Å². The molecule has 0 unspecified atom stereocenters. The van der Waals surface area contributed by atoms with Crippen LogP contribution in [0, 0.1) is 0 Å². The Morgan fingerprint density at radius 3 is 1.33 bits per heavy atom. The fourth-order valence-corrected chi connectivity index (χ4v) is 0.145. The van der Waals surface area contributed by atoms with Crippen LogP contribution in [0.1, 0.15) is 13.8 Å². The summed E-state index contributed by atoms with van der Waals surface area (Å²) < 4.78 is 0. The number of hydrogen-bond donors (Lipinski definition) is 2. The van der Waals surface area contributed by atoms with Gasteiger partial charge >= 0.3 is 0 Å². The topological polar surface area (TPSA) is 65.2 Å². The van der Waals surface area contributed by atoms with Crippen molar-refractivity contribution in [3.8, 4) is 0 Å². The first-order chi connectivity index (χ1) is 3.72. The molecule has 0 fully saturated rings. The van der Waals surface area contributed by atoms with E-state index in [1.54, 1.807) is 0 Å². The molecule has 0 aliphatic heterocycles. The van der Waals surface area contributed by atoms with Crippen LogP contribution >= 0.6 is 0 Å². The molecule has 0 aromatic rings. The Bertz CT molecular complexity index is 117. The third-order valence-corrected chi connectivity index (χ3v) is 0.824. The molecule has 9 heavy (non-hydrogen) atoms. The first-order valence-corrected chi connectivity index (χ1v) is 2.10. The van der Waals surface area contributed by atoms with Gasteiger partial charge in [0.15, 0.2) is 0 Å². The van der Waals surface area contributed by atoms with Gasteiger partial charge in [-0.25, -0.2) is 0 Å². The summed E-state index contributed by atoms with van der Waals surface area (Å²) >= 11 is 0. The van der Waals surface area contributed by atoms with Gasteiger partial charge < -0.3 is 10.4 Å². The van der Waals surface area contributed by atoms with Gasteiger partial charge in [0.2, 0.25) is 0 Å². The molecule has 0 bridgehead atoms. The average Bonchev–Trinajstić information content (AvgIpc) is 1.84. The molecule has 0 aliphatic carbocycles. The molecule has 2 N–H and O–H groups in total. The minimum atomic E-state index is 0. The summed E-state index contributed by atoms with van der Waals surface area (Å²) in [5.74, 6) is 0. The Morgan fingerprint density at radius 1 is 1.00 bits per heavy atom. The average molecular weight is 175 g/mol. The zero-order chi connectivity index (χ0) is 6.57. The van der Waals surface area contributed by atoms with Crippen molar-refractivity contribution in [3.63, 3.8) is 0 Å². The number of oxime groups is 2. The van der Waals surface area contributed by atoms with E-state index in [9.17, 15) is 0 Å². The van der Waals surface area contributed by atoms with E-state index >= 15 is 0 Å². The van der Waals surface area contributed by atoms with Crippen molar-refractivity contribution in [2.45, 2.75) is 13.8 Å². The monoisotopic (exact) mass is 174 g/mol. The second kappa shape index (κ2) is 5.57. The molecule has 0 amide bonds. The molecular formula is C4H8N2NiO2. The van der Waals surface area contributed by atoms with Crippen molar-refractivity contribution in [1.29, 1.82) is 0 Å². The van der Waals surface area contributed by atoms with Gasteiger partial charge in [0.1, 0.15) is 11.4 Å². The molecule has 0 aliphatic rings. The minimum Gasteiger partial charge on any atom is -0.411 e. The van der Waals surface area contributed by atoms with Crippen molar-refractivity contribution in [2.24, 2.45) is 10.3 Å². The fourth-order valence-electron chi connectivity index (χ4n) is 0.145. The van der Waals surface area contributed by atoms with Gasteiger partial charge in [0.05, 0.1) is 0 Å². The second-order valence-corrected chi connectivity index (χ2v) is 1.37. The van der Waals surface area contributed by atoms with Crippen LogP contribution < -0.4 is 0 Å². The molecule has 0 aromatic carbocycles. The maximum atomic E-state index is 8.03. The van der Waals surface area contributed by atoms with E-state index in [1.165, 1.54) is 13.8 Å². The van der Waals surface area contributed by atoms with E-state index in [0.717, 1.165) is 0 Å². The summed E-state index contributed by atoms with van der Waals surface area (Å²) in [6.07, 6.45) is 0. The summed E-state index contributed by atoms with van der Waals surface area (Å²) in [6, 6.07) is 0. The summed E-state index contributed by atoms with van der Waals surface area (Å²) in [5.41, 5.74) is 0.625. The third-order valence-electron chi connectivity index (χ3n) is 0.824. The van der Waals surface area contributed by atoms with Gasteiger partial charge in [-0.05, 0) is 13.8 Å². The second-order valence-electron chi connectivity index (χ2n) is 1.37. The number of hydrogen-bond acceptors (Lipinski definition) is 4. The Hall–Kier alpha value is -0.566. The van der Waals surface area contributed by atoms with Gasteiger partial charge in [-0.2, -0.15) is 0 Å².